The molecule has 1 amide bonds. The van der Waals surface area contributed by atoms with E-state index in [0.29, 0.717) is 22.6 Å². The number of aliphatic hydroxyl groups excluding tert-OH is 1. The summed E-state index contributed by atoms with van der Waals surface area (Å²) in [6, 6.07) is 13.3. The lowest BCUT2D eigenvalue weighted by Gasteiger charge is -2.17. The fourth-order valence-electron chi connectivity index (χ4n) is 2.45. The van der Waals surface area contributed by atoms with E-state index in [2.05, 4.69) is 10.1 Å². The Labute approximate surface area is 151 Å². The maximum atomic E-state index is 12.2. The van der Waals surface area contributed by atoms with Crippen molar-refractivity contribution in [2.75, 3.05) is 7.11 Å². The normalized spacial score (nSPS) is 13.0. The van der Waals surface area contributed by atoms with Gasteiger partial charge < -0.3 is 15.2 Å². The van der Waals surface area contributed by atoms with Gasteiger partial charge >= 0.3 is 5.97 Å². The molecule has 0 aliphatic rings. The first-order valence-corrected chi connectivity index (χ1v) is 8.19. The maximum absolute atomic E-state index is 12.2. The first-order valence-electron chi connectivity index (χ1n) is 7.82. The molecule has 0 bridgehead atoms. The van der Waals surface area contributed by atoms with Gasteiger partial charge in [-0.2, -0.15) is 0 Å². The summed E-state index contributed by atoms with van der Waals surface area (Å²) in [4.78, 5) is 23.6. The molecule has 0 radical (unpaired) electrons. The summed E-state index contributed by atoms with van der Waals surface area (Å²) in [5, 5.41) is 13.4. The van der Waals surface area contributed by atoms with E-state index in [1.165, 1.54) is 7.11 Å². The van der Waals surface area contributed by atoms with E-state index in [1.54, 1.807) is 36.4 Å². The van der Waals surface area contributed by atoms with Crippen LogP contribution >= 0.6 is 11.6 Å². The van der Waals surface area contributed by atoms with Gasteiger partial charge in [0.15, 0.2) is 6.10 Å². The summed E-state index contributed by atoms with van der Waals surface area (Å²) < 4.78 is 4.65. The van der Waals surface area contributed by atoms with Crippen molar-refractivity contribution in [1.29, 1.82) is 0 Å². The molecular weight excluding hydrogens is 342 g/mol. The Morgan fingerprint density at radius 1 is 1.20 bits per heavy atom. The van der Waals surface area contributed by atoms with E-state index in [1.807, 2.05) is 19.1 Å². The third kappa shape index (κ3) is 5.31. The Balaban J connectivity index is 1.94. The predicted octanol–water partition coefficient (Wildman–Crippen LogP) is 2.91. The van der Waals surface area contributed by atoms with Crippen LogP contribution in [0.4, 0.5) is 0 Å². The molecule has 132 valence electrons. The van der Waals surface area contributed by atoms with Gasteiger partial charge in [0.25, 0.3) is 5.91 Å². The molecule has 0 spiro atoms. The molecule has 0 unspecified atom stereocenters. The van der Waals surface area contributed by atoms with E-state index in [0.717, 1.165) is 5.56 Å². The molecule has 0 heterocycles. The number of benzene rings is 2. The largest absolute Gasteiger partial charge is 0.465 e. The lowest BCUT2D eigenvalue weighted by Crippen LogP contribution is -2.37. The second kappa shape index (κ2) is 8.65. The topological polar surface area (TPSA) is 75.6 Å². The highest BCUT2D eigenvalue weighted by atomic mass is 35.5. The van der Waals surface area contributed by atoms with Crippen LogP contribution in [0.15, 0.2) is 48.5 Å². The second-order valence-corrected chi connectivity index (χ2v) is 6.20. The summed E-state index contributed by atoms with van der Waals surface area (Å²) in [5.41, 5.74) is 1.87. The van der Waals surface area contributed by atoms with Crippen molar-refractivity contribution in [3.05, 3.63) is 70.2 Å². The number of esters is 1. The monoisotopic (exact) mass is 361 g/mol. The second-order valence-electron chi connectivity index (χ2n) is 5.76. The van der Waals surface area contributed by atoms with Crippen LogP contribution in [0.2, 0.25) is 5.02 Å². The number of methoxy groups -OCH3 is 1. The van der Waals surface area contributed by atoms with Gasteiger partial charge in [0.05, 0.1) is 12.7 Å². The minimum Gasteiger partial charge on any atom is -0.465 e. The number of hydrogen-bond acceptors (Lipinski definition) is 4. The Morgan fingerprint density at radius 3 is 2.48 bits per heavy atom. The zero-order valence-corrected chi connectivity index (χ0v) is 14.8. The van der Waals surface area contributed by atoms with E-state index in [-0.39, 0.29) is 6.04 Å². The Kier molecular flexibility index (Phi) is 6.56. The van der Waals surface area contributed by atoms with Crippen molar-refractivity contribution in [3.8, 4) is 0 Å². The van der Waals surface area contributed by atoms with Crippen LogP contribution in [0.3, 0.4) is 0 Å². The Morgan fingerprint density at radius 2 is 1.88 bits per heavy atom. The first-order chi connectivity index (χ1) is 11.9. The maximum Gasteiger partial charge on any atom is 0.337 e. The lowest BCUT2D eigenvalue weighted by atomic mass is 10.0. The third-order valence-corrected chi connectivity index (χ3v) is 3.95. The summed E-state index contributed by atoms with van der Waals surface area (Å²) in [6.07, 6.45) is -0.710. The van der Waals surface area contributed by atoms with Crippen LogP contribution in [0, 0.1) is 0 Å². The molecule has 2 aromatic rings. The fraction of sp³-hybridized carbons (Fsp3) is 0.263. The van der Waals surface area contributed by atoms with Crippen molar-refractivity contribution >= 4 is 23.5 Å². The summed E-state index contributed by atoms with van der Waals surface area (Å²) in [5.74, 6) is -0.876. The first kappa shape index (κ1) is 19.0. The molecule has 2 N–H and O–H groups in total. The van der Waals surface area contributed by atoms with E-state index >= 15 is 0 Å². The standard InChI is InChI=1S/C19H20ClNO4/c1-12(10-13-6-8-14(9-7-13)19(24)25-2)21-18(23)17(22)15-4-3-5-16(20)11-15/h3-9,11-12,17,22H,10H2,1-2H3,(H,21,23)/t12-,17-/m1/s1. The van der Waals surface area contributed by atoms with Crippen LogP contribution in [0.1, 0.15) is 34.5 Å². The number of halogens is 1. The highest BCUT2D eigenvalue weighted by molar-refractivity contribution is 6.30. The van der Waals surface area contributed by atoms with Crippen molar-refractivity contribution < 1.29 is 19.4 Å². The molecule has 0 saturated carbocycles. The number of rotatable bonds is 6. The summed E-state index contributed by atoms with van der Waals surface area (Å²) in [6.45, 7) is 1.84. The van der Waals surface area contributed by atoms with E-state index in [4.69, 9.17) is 11.6 Å². The van der Waals surface area contributed by atoms with Crippen LogP contribution in [-0.2, 0) is 16.0 Å². The average Bonchev–Trinajstić information content (AvgIpc) is 2.60. The number of aliphatic hydroxyl groups is 1. The number of carbonyl (C=O) groups excluding carboxylic acids is 2. The van der Waals surface area contributed by atoms with Gasteiger partial charge in [-0.25, -0.2) is 4.79 Å². The van der Waals surface area contributed by atoms with Crippen LogP contribution in [0.25, 0.3) is 0 Å². The molecule has 2 aromatic carbocycles. The van der Waals surface area contributed by atoms with Gasteiger partial charge in [-0.1, -0.05) is 35.9 Å². The summed E-state index contributed by atoms with van der Waals surface area (Å²) in [7, 11) is 1.33. The zero-order chi connectivity index (χ0) is 18.4. The summed E-state index contributed by atoms with van der Waals surface area (Å²) >= 11 is 5.88. The fourth-order valence-corrected chi connectivity index (χ4v) is 2.65. The zero-order valence-electron chi connectivity index (χ0n) is 14.0. The molecule has 2 rings (SSSR count). The quantitative estimate of drug-likeness (QED) is 0.776. The van der Waals surface area contributed by atoms with Crippen LogP contribution < -0.4 is 5.32 Å². The molecule has 2 atom stereocenters. The van der Waals surface area contributed by atoms with Crippen molar-refractivity contribution in [3.63, 3.8) is 0 Å². The predicted molar refractivity (Wildman–Crippen MR) is 95.5 cm³/mol. The SMILES string of the molecule is COC(=O)c1ccc(C[C@@H](C)NC(=O)[C@H](O)c2cccc(Cl)c2)cc1. The number of ether oxygens (including phenoxy) is 1. The van der Waals surface area contributed by atoms with Gasteiger partial charge in [-0.15, -0.1) is 0 Å². The van der Waals surface area contributed by atoms with Gasteiger partial charge in [-0.05, 0) is 48.7 Å². The third-order valence-electron chi connectivity index (χ3n) is 3.72. The average molecular weight is 362 g/mol. The van der Waals surface area contributed by atoms with Crippen LogP contribution in [-0.4, -0.2) is 30.1 Å². The highest BCUT2D eigenvalue weighted by Gasteiger charge is 2.19. The molecular formula is C19H20ClNO4. The number of carbonyl (C=O) groups is 2. The highest BCUT2D eigenvalue weighted by Crippen LogP contribution is 2.18. The van der Waals surface area contributed by atoms with Crippen LogP contribution in [0.5, 0.6) is 0 Å². The van der Waals surface area contributed by atoms with E-state index < -0.39 is 18.0 Å². The molecule has 6 heteroatoms. The molecule has 0 saturated heterocycles. The van der Waals surface area contributed by atoms with Gasteiger partial charge in [0.1, 0.15) is 0 Å². The molecule has 5 nitrogen and oxygen atoms in total. The van der Waals surface area contributed by atoms with Crippen molar-refractivity contribution in [1.82, 2.24) is 5.32 Å². The number of hydrogen-bond donors (Lipinski definition) is 2. The van der Waals surface area contributed by atoms with Gasteiger partial charge in [0.2, 0.25) is 0 Å². The molecule has 0 aliphatic heterocycles. The van der Waals surface area contributed by atoms with Crippen molar-refractivity contribution in [2.45, 2.75) is 25.5 Å². The lowest BCUT2D eigenvalue weighted by molar-refractivity contribution is -0.130. The molecule has 0 aromatic heterocycles. The smallest absolute Gasteiger partial charge is 0.337 e. The van der Waals surface area contributed by atoms with E-state index in [9.17, 15) is 14.7 Å². The van der Waals surface area contributed by atoms with Gasteiger partial charge in [-0.3, -0.25) is 4.79 Å². The molecule has 0 fully saturated rings. The Hall–Kier alpha value is -2.37. The minimum absolute atomic E-state index is 0.190. The van der Waals surface area contributed by atoms with Crippen molar-refractivity contribution in [2.24, 2.45) is 0 Å². The Bertz CT molecular complexity index is 745. The number of amides is 1. The minimum atomic E-state index is -1.28. The number of nitrogens with one attached hydrogen (secondary N) is 1. The molecule has 0 aliphatic carbocycles. The van der Waals surface area contributed by atoms with Gasteiger partial charge in [0, 0.05) is 11.1 Å². The molecule has 25 heavy (non-hydrogen) atoms.